The molecule has 5 nitrogen and oxygen atoms in total. The van der Waals surface area contributed by atoms with Gasteiger partial charge in [0.1, 0.15) is 11.9 Å². The molecule has 0 saturated heterocycles. The van der Waals surface area contributed by atoms with Crippen molar-refractivity contribution in [1.29, 1.82) is 0 Å². The van der Waals surface area contributed by atoms with E-state index in [0.29, 0.717) is 29.4 Å². The van der Waals surface area contributed by atoms with Gasteiger partial charge in [-0.05, 0) is 18.2 Å². The van der Waals surface area contributed by atoms with Gasteiger partial charge in [0.25, 0.3) is 0 Å². The van der Waals surface area contributed by atoms with Gasteiger partial charge in [0.15, 0.2) is 0 Å². The Bertz CT molecular complexity index is 452. The number of carbonyl (C=O) groups is 1. The van der Waals surface area contributed by atoms with Gasteiger partial charge in [0, 0.05) is 17.0 Å². The normalized spacial score (nSPS) is 22.4. The summed E-state index contributed by atoms with van der Waals surface area (Å²) in [6.07, 6.45) is -0.965. The molecule has 1 heterocycles. The lowest BCUT2D eigenvalue weighted by Gasteiger charge is -2.21. The zero-order chi connectivity index (χ0) is 13.1. The molecule has 1 aliphatic heterocycles. The van der Waals surface area contributed by atoms with Crippen LogP contribution in [0.5, 0.6) is 5.75 Å². The number of amides is 1. The van der Waals surface area contributed by atoms with Crippen molar-refractivity contribution in [3.05, 3.63) is 28.8 Å². The fourth-order valence-electron chi connectivity index (χ4n) is 1.91. The second-order valence-corrected chi connectivity index (χ2v) is 4.44. The number of aliphatic hydroxyl groups excluding tert-OH is 1. The number of carbonyl (C=O) groups excluding carboxylic acids is 1. The first-order valence-corrected chi connectivity index (χ1v) is 5.94. The quantitative estimate of drug-likeness (QED) is 0.818. The number of benzene rings is 1. The monoisotopic (exact) mass is 271 g/mol. The summed E-state index contributed by atoms with van der Waals surface area (Å²) < 4.78 is 10.0. The lowest BCUT2D eigenvalue weighted by Crippen LogP contribution is -2.39. The summed E-state index contributed by atoms with van der Waals surface area (Å²) in [6, 6.07) is 4.58. The Balaban J connectivity index is 2.25. The number of hydrogen-bond donors (Lipinski definition) is 2. The third-order valence-corrected chi connectivity index (χ3v) is 3.08. The Morgan fingerprint density at radius 3 is 3.11 bits per heavy atom. The van der Waals surface area contributed by atoms with E-state index in [-0.39, 0.29) is 0 Å². The standard InChI is InChI=1S/C12H14ClNO4/c1-17-12(16)14-9-4-5-18-10-3-2-7(13)6-8(10)11(9)15/h2-3,6,9,11,15H,4-5H2,1H3,(H,14,16). The van der Waals surface area contributed by atoms with Crippen molar-refractivity contribution in [1.82, 2.24) is 5.32 Å². The molecular weight excluding hydrogens is 258 g/mol. The van der Waals surface area contributed by atoms with Gasteiger partial charge in [-0.3, -0.25) is 0 Å². The molecule has 0 aliphatic carbocycles. The number of ether oxygens (including phenoxy) is 2. The summed E-state index contributed by atoms with van der Waals surface area (Å²) in [5, 5.41) is 13.4. The number of aliphatic hydroxyl groups is 1. The minimum Gasteiger partial charge on any atom is -0.493 e. The van der Waals surface area contributed by atoms with Crippen LogP contribution in [0.2, 0.25) is 5.02 Å². The molecule has 2 N–H and O–H groups in total. The highest BCUT2D eigenvalue weighted by Gasteiger charge is 2.28. The zero-order valence-corrected chi connectivity index (χ0v) is 10.6. The van der Waals surface area contributed by atoms with Gasteiger partial charge in [0.2, 0.25) is 0 Å². The molecule has 0 aromatic heterocycles. The minimum absolute atomic E-state index is 0.403. The van der Waals surface area contributed by atoms with Gasteiger partial charge in [-0.25, -0.2) is 4.79 Å². The number of hydrogen-bond acceptors (Lipinski definition) is 4. The minimum atomic E-state index is -0.875. The molecule has 1 aromatic carbocycles. The summed E-state index contributed by atoms with van der Waals surface area (Å²) in [7, 11) is 1.28. The molecule has 98 valence electrons. The molecule has 2 rings (SSSR count). The van der Waals surface area contributed by atoms with Crippen LogP contribution in [0.25, 0.3) is 0 Å². The van der Waals surface area contributed by atoms with Crippen LogP contribution in [0.3, 0.4) is 0 Å². The van der Waals surface area contributed by atoms with E-state index >= 15 is 0 Å². The van der Waals surface area contributed by atoms with E-state index in [1.54, 1.807) is 18.2 Å². The third kappa shape index (κ3) is 2.68. The predicted octanol–water partition coefficient (Wildman–Crippen LogP) is 1.88. The van der Waals surface area contributed by atoms with E-state index in [0.717, 1.165) is 0 Å². The van der Waals surface area contributed by atoms with Gasteiger partial charge < -0.3 is 19.9 Å². The molecule has 18 heavy (non-hydrogen) atoms. The van der Waals surface area contributed by atoms with Crippen LogP contribution in [0.15, 0.2) is 18.2 Å². The van der Waals surface area contributed by atoms with Crippen LogP contribution >= 0.6 is 11.6 Å². The molecule has 6 heteroatoms. The van der Waals surface area contributed by atoms with E-state index < -0.39 is 18.2 Å². The first-order chi connectivity index (χ1) is 8.61. The van der Waals surface area contributed by atoms with Crippen LogP contribution in [0.4, 0.5) is 4.79 Å². The molecule has 1 aliphatic rings. The molecule has 2 unspecified atom stereocenters. The van der Waals surface area contributed by atoms with E-state index in [2.05, 4.69) is 10.1 Å². The van der Waals surface area contributed by atoms with Crippen molar-refractivity contribution in [3.63, 3.8) is 0 Å². The van der Waals surface area contributed by atoms with E-state index in [9.17, 15) is 9.90 Å². The number of halogens is 1. The van der Waals surface area contributed by atoms with Crippen LogP contribution in [-0.4, -0.2) is 31.0 Å². The second kappa shape index (κ2) is 5.46. The SMILES string of the molecule is COC(=O)NC1CCOc2ccc(Cl)cc2C1O. The van der Waals surface area contributed by atoms with E-state index in [4.69, 9.17) is 16.3 Å². The van der Waals surface area contributed by atoms with Crippen LogP contribution in [-0.2, 0) is 4.74 Å². The van der Waals surface area contributed by atoms with Gasteiger partial charge in [-0.2, -0.15) is 0 Å². The lowest BCUT2D eigenvalue weighted by molar-refractivity contribution is 0.112. The van der Waals surface area contributed by atoms with Crippen LogP contribution in [0, 0.1) is 0 Å². The first-order valence-electron chi connectivity index (χ1n) is 5.56. The largest absolute Gasteiger partial charge is 0.493 e. The fourth-order valence-corrected chi connectivity index (χ4v) is 2.09. The Morgan fingerprint density at radius 1 is 1.61 bits per heavy atom. The smallest absolute Gasteiger partial charge is 0.407 e. The number of rotatable bonds is 1. The van der Waals surface area contributed by atoms with Crippen molar-refractivity contribution in [3.8, 4) is 5.75 Å². The van der Waals surface area contributed by atoms with Crippen LogP contribution < -0.4 is 10.1 Å². The molecule has 2 atom stereocenters. The number of alkyl carbamates (subject to hydrolysis) is 1. The highest BCUT2D eigenvalue weighted by molar-refractivity contribution is 6.30. The maximum atomic E-state index is 11.2. The van der Waals surface area contributed by atoms with Crippen LogP contribution in [0.1, 0.15) is 18.1 Å². The molecule has 0 fully saturated rings. The first kappa shape index (κ1) is 13.0. The number of fused-ring (bicyclic) bond motifs is 1. The summed E-state index contributed by atoms with van der Waals surface area (Å²) in [5.41, 5.74) is 0.571. The Morgan fingerprint density at radius 2 is 2.39 bits per heavy atom. The molecular formula is C12H14ClNO4. The maximum Gasteiger partial charge on any atom is 0.407 e. The summed E-state index contributed by atoms with van der Waals surface area (Å²) in [4.78, 5) is 11.2. The van der Waals surface area contributed by atoms with Crippen molar-refractivity contribution in [2.45, 2.75) is 18.6 Å². The highest BCUT2D eigenvalue weighted by Crippen LogP contribution is 2.33. The third-order valence-electron chi connectivity index (χ3n) is 2.85. The van der Waals surface area contributed by atoms with Crippen molar-refractivity contribution in [2.75, 3.05) is 13.7 Å². The second-order valence-electron chi connectivity index (χ2n) is 4.01. The summed E-state index contributed by atoms with van der Waals surface area (Å²) in [5.74, 6) is 0.584. The molecule has 0 saturated carbocycles. The van der Waals surface area contributed by atoms with E-state index in [1.807, 2.05) is 0 Å². The van der Waals surface area contributed by atoms with Gasteiger partial charge >= 0.3 is 6.09 Å². The van der Waals surface area contributed by atoms with Gasteiger partial charge in [-0.15, -0.1) is 0 Å². The summed E-state index contributed by atoms with van der Waals surface area (Å²) in [6.45, 7) is 0.403. The predicted molar refractivity (Wildman–Crippen MR) is 65.9 cm³/mol. The highest BCUT2D eigenvalue weighted by atomic mass is 35.5. The fraction of sp³-hybridized carbons (Fsp3) is 0.417. The average Bonchev–Trinajstić information content (AvgIpc) is 2.51. The number of nitrogens with one attached hydrogen (secondary N) is 1. The van der Waals surface area contributed by atoms with Gasteiger partial charge in [0.05, 0.1) is 19.8 Å². The molecule has 0 spiro atoms. The molecule has 0 radical (unpaired) electrons. The zero-order valence-electron chi connectivity index (χ0n) is 9.85. The lowest BCUT2D eigenvalue weighted by atomic mass is 10.0. The maximum absolute atomic E-state index is 11.2. The average molecular weight is 272 g/mol. The van der Waals surface area contributed by atoms with Crippen molar-refractivity contribution >= 4 is 17.7 Å². The van der Waals surface area contributed by atoms with Crippen molar-refractivity contribution in [2.24, 2.45) is 0 Å². The summed E-state index contributed by atoms with van der Waals surface area (Å²) >= 11 is 5.90. The Hall–Kier alpha value is -1.46. The molecule has 1 amide bonds. The van der Waals surface area contributed by atoms with Gasteiger partial charge in [-0.1, -0.05) is 11.6 Å². The Kier molecular flexibility index (Phi) is 3.93. The van der Waals surface area contributed by atoms with E-state index in [1.165, 1.54) is 7.11 Å². The molecule has 1 aromatic rings. The topological polar surface area (TPSA) is 67.8 Å². The van der Waals surface area contributed by atoms with Crippen molar-refractivity contribution < 1.29 is 19.4 Å². The molecule has 0 bridgehead atoms. The number of methoxy groups -OCH3 is 1. The Labute approximate surface area is 110 Å².